The summed E-state index contributed by atoms with van der Waals surface area (Å²) >= 11 is 6.89. The average Bonchev–Trinajstić information content (AvgIpc) is 3.20. The summed E-state index contributed by atoms with van der Waals surface area (Å²) in [5, 5.41) is 19.7. The van der Waals surface area contributed by atoms with Gasteiger partial charge in [0.15, 0.2) is 0 Å². The van der Waals surface area contributed by atoms with Gasteiger partial charge < -0.3 is 19.3 Å². The lowest BCUT2D eigenvalue weighted by molar-refractivity contribution is -0.144. The van der Waals surface area contributed by atoms with Crippen LogP contribution in [0.1, 0.15) is 84.7 Å². The molecule has 10 heteroatoms. The molecule has 3 aliphatic rings. The number of aliphatic carboxylic acids is 1. The van der Waals surface area contributed by atoms with Crippen LogP contribution in [0.25, 0.3) is 11.1 Å². The summed E-state index contributed by atoms with van der Waals surface area (Å²) in [4.78, 5) is 20.9. The molecule has 0 radical (unpaired) electrons. The van der Waals surface area contributed by atoms with Crippen LogP contribution in [0, 0.1) is 31.1 Å². The molecule has 4 heterocycles. The van der Waals surface area contributed by atoms with Gasteiger partial charge in [0.05, 0.1) is 17.2 Å². The van der Waals surface area contributed by atoms with E-state index < -0.39 is 12.0 Å². The normalized spacial score (nSPS) is 20.3. The fraction of sp³-hybridized carbons (Fsp3) is 0.444. The third-order valence-electron chi connectivity index (χ3n) is 11.8. The number of ether oxygens (including phenoxy) is 3. The van der Waals surface area contributed by atoms with Crippen LogP contribution in [0.5, 0.6) is 17.2 Å². The number of fused-ring (bicyclic) bond motifs is 1. The van der Waals surface area contributed by atoms with Gasteiger partial charge >= 0.3 is 5.97 Å². The molecule has 1 unspecified atom stereocenters. The van der Waals surface area contributed by atoms with Gasteiger partial charge in [-0.05, 0) is 118 Å². The first-order chi connectivity index (χ1) is 26.8. The van der Waals surface area contributed by atoms with Crippen molar-refractivity contribution < 1.29 is 24.1 Å². The highest BCUT2D eigenvalue weighted by Crippen LogP contribution is 2.38. The van der Waals surface area contributed by atoms with Crippen LogP contribution in [0.4, 0.5) is 0 Å². The van der Waals surface area contributed by atoms with Crippen LogP contribution in [0.15, 0.2) is 67.0 Å². The maximum Gasteiger partial charge on any atom is 0.320 e. The Kier molecular flexibility index (Phi) is 12.6. The Morgan fingerprint density at radius 1 is 0.836 bits per heavy atom. The van der Waals surface area contributed by atoms with E-state index in [1.54, 1.807) is 18.3 Å². The Hall–Kier alpha value is -4.62. The van der Waals surface area contributed by atoms with E-state index in [2.05, 4.69) is 66.2 Å². The Bertz CT molecular complexity index is 2030. The number of hydrogen-bond acceptors (Lipinski definition) is 8. The quantitative estimate of drug-likeness (QED) is 0.143. The second-order valence-electron chi connectivity index (χ2n) is 15.3. The van der Waals surface area contributed by atoms with Gasteiger partial charge in [0.2, 0.25) is 0 Å². The molecule has 1 aromatic heterocycles. The van der Waals surface area contributed by atoms with Crippen molar-refractivity contribution in [2.45, 2.75) is 97.1 Å². The molecule has 3 aromatic carbocycles. The number of likely N-dealkylation sites (tertiary alicyclic amines) is 1. The molecular weight excluding hydrogens is 712 g/mol. The van der Waals surface area contributed by atoms with E-state index in [4.69, 9.17) is 25.8 Å². The Morgan fingerprint density at radius 3 is 2.44 bits per heavy atom. The monoisotopic (exact) mass is 762 g/mol. The number of carboxylic acids is 1. The first kappa shape index (κ1) is 38.6. The molecule has 3 atom stereocenters. The van der Waals surface area contributed by atoms with Crippen LogP contribution in [0.2, 0.25) is 5.02 Å². The van der Waals surface area contributed by atoms with Crippen molar-refractivity contribution in [3.63, 3.8) is 0 Å². The highest BCUT2D eigenvalue weighted by atomic mass is 35.5. The van der Waals surface area contributed by atoms with Gasteiger partial charge in [-0.2, -0.15) is 5.26 Å². The van der Waals surface area contributed by atoms with Gasteiger partial charge in [-0.3, -0.25) is 19.6 Å². The first-order valence-corrected chi connectivity index (χ1v) is 20.1. The number of carbonyl (C=O) groups is 1. The van der Waals surface area contributed by atoms with Crippen molar-refractivity contribution >= 4 is 17.6 Å². The van der Waals surface area contributed by atoms with Crippen molar-refractivity contribution in [2.24, 2.45) is 5.92 Å². The van der Waals surface area contributed by atoms with E-state index in [0.29, 0.717) is 53.6 Å². The number of piperidine rings is 3. The number of pyridine rings is 1. The number of carboxylic acid groups (broad SMARTS) is 1. The van der Waals surface area contributed by atoms with E-state index in [0.717, 1.165) is 64.1 Å². The topological polar surface area (TPSA) is 108 Å². The molecule has 7 rings (SSSR count). The van der Waals surface area contributed by atoms with E-state index in [9.17, 15) is 15.2 Å². The molecule has 0 spiro atoms. The molecule has 3 saturated heterocycles. The smallest absolute Gasteiger partial charge is 0.320 e. The second kappa shape index (κ2) is 17.9. The maximum atomic E-state index is 12.1. The molecular formula is C45H51ClN4O5. The van der Waals surface area contributed by atoms with Crippen LogP contribution < -0.4 is 14.2 Å². The largest absolute Gasteiger partial charge is 0.493 e. The molecule has 55 heavy (non-hydrogen) atoms. The summed E-state index contributed by atoms with van der Waals surface area (Å²) < 4.78 is 19.4. The van der Waals surface area contributed by atoms with E-state index in [-0.39, 0.29) is 13.2 Å². The zero-order valence-corrected chi connectivity index (χ0v) is 32.7. The van der Waals surface area contributed by atoms with E-state index >= 15 is 0 Å². The van der Waals surface area contributed by atoms with Gasteiger partial charge in [-0.1, -0.05) is 54.8 Å². The van der Waals surface area contributed by atoms with Crippen molar-refractivity contribution in [3.05, 3.63) is 105 Å². The molecule has 0 saturated carbocycles. The molecule has 4 aromatic rings. The molecule has 9 nitrogen and oxygen atoms in total. The molecule has 0 bridgehead atoms. The van der Waals surface area contributed by atoms with Crippen molar-refractivity contribution in [3.8, 4) is 34.4 Å². The molecule has 3 fully saturated rings. The number of rotatable bonds is 13. The van der Waals surface area contributed by atoms with E-state index in [1.807, 2.05) is 11.0 Å². The Balaban J connectivity index is 1.09. The van der Waals surface area contributed by atoms with Gasteiger partial charge in [0.1, 0.15) is 42.6 Å². The van der Waals surface area contributed by atoms with Gasteiger partial charge in [0, 0.05) is 48.1 Å². The fourth-order valence-corrected chi connectivity index (χ4v) is 8.97. The Morgan fingerprint density at radius 2 is 1.60 bits per heavy atom. The highest BCUT2D eigenvalue weighted by Gasteiger charge is 2.33. The predicted octanol–water partition coefficient (Wildman–Crippen LogP) is 9.13. The molecule has 0 aliphatic carbocycles. The van der Waals surface area contributed by atoms with Crippen LogP contribution >= 0.6 is 11.6 Å². The maximum absolute atomic E-state index is 12.1. The standard InChI is InChI=1S/C45H51ClN4O5/c1-30-34(10-7-12-37(30)38-13-8-16-42(31(38)2)54-29-35-11-9-19-49-17-5-3-14-40(35)49)28-55-44-22-43(53-27-33-20-32(23-47)24-48-25-33)36(21-39(44)46)26-50-18-6-4-15-41(50)45(51)52/h7-8,10,12-13,16,20-22,24-25,35,40-41H,3-6,9,11,14-15,17-19,26-29H2,1-2H3,(H,51,52)/t35?,40-,41+/m1/s1. The number of benzene rings is 3. The van der Waals surface area contributed by atoms with Gasteiger partial charge in [0.25, 0.3) is 0 Å². The summed E-state index contributed by atoms with van der Waals surface area (Å²) in [6, 6.07) is 20.2. The summed E-state index contributed by atoms with van der Waals surface area (Å²) in [6.45, 7) is 8.98. The zero-order valence-electron chi connectivity index (χ0n) is 31.9. The van der Waals surface area contributed by atoms with Crippen LogP contribution in [-0.4, -0.2) is 64.2 Å². The lowest BCUT2D eigenvalue weighted by Gasteiger charge is -2.44. The van der Waals surface area contributed by atoms with Gasteiger partial charge in [-0.15, -0.1) is 0 Å². The number of nitriles is 1. The summed E-state index contributed by atoms with van der Waals surface area (Å²) in [7, 11) is 0. The summed E-state index contributed by atoms with van der Waals surface area (Å²) in [5.41, 5.74) is 7.51. The lowest BCUT2D eigenvalue weighted by atomic mass is 9.84. The van der Waals surface area contributed by atoms with Crippen LogP contribution in [-0.2, 0) is 24.6 Å². The minimum absolute atomic E-state index is 0.169. The second-order valence-corrected chi connectivity index (χ2v) is 15.7. The first-order valence-electron chi connectivity index (χ1n) is 19.7. The molecule has 288 valence electrons. The Labute approximate surface area is 329 Å². The molecule has 3 aliphatic heterocycles. The summed E-state index contributed by atoms with van der Waals surface area (Å²) in [5.74, 6) is 1.70. The zero-order chi connectivity index (χ0) is 38.3. The minimum Gasteiger partial charge on any atom is -0.493 e. The predicted molar refractivity (Wildman–Crippen MR) is 214 cm³/mol. The van der Waals surface area contributed by atoms with Crippen molar-refractivity contribution in [2.75, 3.05) is 26.2 Å². The number of nitrogens with zero attached hydrogens (tertiary/aromatic N) is 4. The highest BCUT2D eigenvalue weighted by molar-refractivity contribution is 6.32. The fourth-order valence-electron chi connectivity index (χ4n) is 8.73. The SMILES string of the molecule is Cc1c(COc2cc(OCc3cncc(C#N)c3)c(CN3CCCC[C@H]3C(=O)O)cc2Cl)cccc1-c1cccc(OCC2CCCN3CCCC[C@H]23)c1C. The third kappa shape index (κ3) is 9.10. The average molecular weight is 763 g/mol. The molecule has 1 N–H and O–H groups in total. The lowest BCUT2D eigenvalue weighted by Crippen LogP contribution is -2.49. The minimum atomic E-state index is -0.824. The third-order valence-corrected chi connectivity index (χ3v) is 12.1. The van der Waals surface area contributed by atoms with Crippen molar-refractivity contribution in [1.82, 2.24) is 14.8 Å². The van der Waals surface area contributed by atoms with Crippen LogP contribution in [0.3, 0.4) is 0 Å². The number of aromatic nitrogens is 1. The summed E-state index contributed by atoms with van der Waals surface area (Å²) in [6.07, 6.45) is 12.0. The van der Waals surface area contributed by atoms with Crippen molar-refractivity contribution in [1.29, 1.82) is 5.26 Å². The number of halogens is 1. The van der Waals surface area contributed by atoms with E-state index in [1.165, 1.54) is 51.4 Å². The number of hydrogen-bond donors (Lipinski definition) is 1. The van der Waals surface area contributed by atoms with Gasteiger partial charge in [-0.25, -0.2) is 0 Å². The molecule has 0 amide bonds.